The summed E-state index contributed by atoms with van der Waals surface area (Å²) in [4.78, 5) is 7.52. The van der Waals surface area contributed by atoms with Crippen LogP contribution in [-0.2, 0) is 0 Å². The van der Waals surface area contributed by atoms with Crippen LogP contribution in [0.3, 0.4) is 0 Å². The molecule has 0 aliphatic rings. The van der Waals surface area contributed by atoms with Gasteiger partial charge in [0.05, 0.1) is 0 Å². The van der Waals surface area contributed by atoms with Gasteiger partial charge in [0.25, 0.3) is 0 Å². The van der Waals surface area contributed by atoms with Gasteiger partial charge in [-0.15, -0.1) is 0 Å². The number of anilines is 1. The Morgan fingerprint density at radius 2 is 2.45 bits per heavy atom. The van der Waals surface area contributed by atoms with Crippen LogP contribution in [-0.4, -0.2) is 16.6 Å². The van der Waals surface area contributed by atoms with E-state index in [2.05, 4.69) is 16.5 Å². The predicted molar refractivity (Wildman–Crippen MR) is 42.1 cm³/mol. The molecular weight excluding hydrogens is 142 g/mol. The van der Waals surface area contributed by atoms with E-state index in [0.29, 0.717) is 18.3 Å². The number of nitrogens with two attached hydrogens (primary N) is 1. The van der Waals surface area contributed by atoms with Crippen molar-refractivity contribution in [1.82, 2.24) is 9.97 Å². The maximum atomic E-state index is 5.37. The van der Waals surface area contributed by atoms with E-state index >= 15 is 0 Å². The lowest BCUT2D eigenvalue weighted by Crippen LogP contribution is -1.97. The Morgan fingerprint density at radius 3 is 3.09 bits per heavy atom. The van der Waals surface area contributed by atoms with Gasteiger partial charge in [-0.3, -0.25) is 0 Å². The van der Waals surface area contributed by atoms with Gasteiger partial charge in [0.1, 0.15) is 18.8 Å². The van der Waals surface area contributed by atoms with E-state index in [4.69, 9.17) is 10.5 Å². The van der Waals surface area contributed by atoms with Crippen molar-refractivity contribution in [3.05, 3.63) is 25.0 Å². The Morgan fingerprint density at radius 1 is 1.64 bits per heavy atom. The lowest BCUT2D eigenvalue weighted by molar-refractivity contribution is 0.348. The minimum atomic E-state index is 0.402. The fourth-order valence-electron chi connectivity index (χ4n) is 0.577. The predicted octanol–water partition coefficient (Wildman–Crippen LogP) is 0.624. The second-order valence-corrected chi connectivity index (χ2v) is 1.88. The molecular formula is C7H9N3O. The summed E-state index contributed by atoms with van der Waals surface area (Å²) in [5, 5.41) is 0. The van der Waals surface area contributed by atoms with Gasteiger partial charge in [-0.25, -0.2) is 9.97 Å². The molecule has 0 amide bonds. The molecule has 0 saturated carbocycles. The van der Waals surface area contributed by atoms with E-state index in [1.165, 1.54) is 6.33 Å². The van der Waals surface area contributed by atoms with E-state index < -0.39 is 0 Å². The SMILES string of the molecule is C=CCOc1cc(N)ncn1. The molecule has 58 valence electrons. The number of aromatic nitrogens is 2. The maximum Gasteiger partial charge on any atom is 0.218 e. The Balaban J connectivity index is 2.63. The maximum absolute atomic E-state index is 5.37. The molecule has 4 heteroatoms. The summed E-state index contributed by atoms with van der Waals surface area (Å²) in [7, 11) is 0. The van der Waals surface area contributed by atoms with Crippen LogP contribution in [0.4, 0.5) is 5.82 Å². The summed E-state index contributed by atoms with van der Waals surface area (Å²) in [5.41, 5.74) is 5.37. The largest absolute Gasteiger partial charge is 0.473 e. The molecule has 0 aliphatic heterocycles. The zero-order valence-corrected chi connectivity index (χ0v) is 6.03. The molecule has 11 heavy (non-hydrogen) atoms. The third-order valence-corrected chi connectivity index (χ3v) is 1.01. The van der Waals surface area contributed by atoms with E-state index in [0.717, 1.165) is 0 Å². The van der Waals surface area contributed by atoms with Crippen molar-refractivity contribution >= 4 is 5.82 Å². The molecule has 1 heterocycles. The van der Waals surface area contributed by atoms with Crippen molar-refractivity contribution in [2.24, 2.45) is 0 Å². The normalized spacial score (nSPS) is 9.09. The average Bonchev–Trinajstić information content (AvgIpc) is 2.01. The molecule has 0 saturated heterocycles. The van der Waals surface area contributed by atoms with Crippen LogP contribution >= 0.6 is 0 Å². The van der Waals surface area contributed by atoms with E-state index in [1.807, 2.05) is 0 Å². The molecule has 0 spiro atoms. The van der Waals surface area contributed by atoms with Crippen molar-refractivity contribution in [3.8, 4) is 5.88 Å². The summed E-state index contributed by atoms with van der Waals surface area (Å²) in [6, 6.07) is 1.56. The van der Waals surface area contributed by atoms with Crippen molar-refractivity contribution in [2.75, 3.05) is 12.3 Å². The number of rotatable bonds is 3. The van der Waals surface area contributed by atoms with Crippen LogP contribution in [0.1, 0.15) is 0 Å². The van der Waals surface area contributed by atoms with E-state index in [-0.39, 0.29) is 0 Å². The van der Waals surface area contributed by atoms with Gasteiger partial charge in [-0.1, -0.05) is 12.7 Å². The van der Waals surface area contributed by atoms with E-state index in [1.54, 1.807) is 12.1 Å². The van der Waals surface area contributed by atoms with Gasteiger partial charge >= 0.3 is 0 Å². The lowest BCUT2D eigenvalue weighted by Gasteiger charge is -2.00. The quantitative estimate of drug-likeness (QED) is 0.643. The first kappa shape index (κ1) is 7.53. The number of nitrogens with zero attached hydrogens (tertiary/aromatic N) is 2. The molecule has 0 aliphatic carbocycles. The van der Waals surface area contributed by atoms with Gasteiger partial charge in [0.2, 0.25) is 5.88 Å². The van der Waals surface area contributed by atoms with Crippen molar-refractivity contribution in [1.29, 1.82) is 0 Å². The van der Waals surface area contributed by atoms with Crippen molar-refractivity contribution < 1.29 is 4.74 Å². The zero-order chi connectivity index (χ0) is 8.10. The highest BCUT2D eigenvalue weighted by molar-refractivity contribution is 5.30. The van der Waals surface area contributed by atoms with Gasteiger partial charge in [-0.2, -0.15) is 0 Å². The highest BCUT2D eigenvalue weighted by Gasteiger charge is 1.93. The molecule has 0 bridgehead atoms. The van der Waals surface area contributed by atoms with E-state index in [9.17, 15) is 0 Å². The Labute approximate surface area is 64.7 Å². The lowest BCUT2D eigenvalue weighted by atomic mass is 10.6. The first-order chi connectivity index (χ1) is 5.33. The molecule has 1 aromatic rings. The smallest absolute Gasteiger partial charge is 0.218 e. The molecule has 0 aromatic carbocycles. The fraction of sp³-hybridized carbons (Fsp3) is 0.143. The Kier molecular flexibility index (Phi) is 2.43. The number of hydrogen-bond donors (Lipinski definition) is 1. The summed E-state index contributed by atoms with van der Waals surface area (Å²) >= 11 is 0. The van der Waals surface area contributed by atoms with Crippen LogP contribution in [0.15, 0.2) is 25.0 Å². The number of hydrogen-bond acceptors (Lipinski definition) is 4. The third-order valence-electron chi connectivity index (χ3n) is 1.01. The summed E-state index contributed by atoms with van der Waals surface area (Å²) < 4.78 is 5.09. The first-order valence-corrected chi connectivity index (χ1v) is 3.14. The zero-order valence-electron chi connectivity index (χ0n) is 6.03. The minimum Gasteiger partial charge on any atom is -0.473 e. The third kappa shape index (κ3) is 2.25. The molecule has 0 fully saturated rings. The summed E-state index contributed by atoms with van der Waals surface area (Å²) in [6.07, 6.45) is 2.99. The van der Waals surface area contributed by atoms with Crippen LogP contribution in [0.2, 0.25) is 0 Å². The highest BCUT2D eigenvalue weighted by atomic mass is 16.5. The topological polar surface area (TPSA) is 61.0 Å². The minimum absolute atomic E-state index is 0.402. The second kappa shape index (κ2) is 3.55. The molecule has 4 nitrogen and oxygen atoms in total. The van der Waals surface area contributed by atoms with Gasteiger partial charge < -0.3 is 10.5 Å². The summed E-state index contributed by atoms with van der Waals surface area (Å²) in [6.45, 7) is 3.93. The Bertz CT molecular complexity index is 249. The Hall–Kier alpha value is -1.58. The van der Waals surface area contributed by atoms with Gasteiger partial charge in [0, 0.05) is 6.07 Å². The highest BCUT2D eigenvalue weighted by Crippen LogP contribution is 2.06. The van der Waals surface area contributed by atoms with Crippen molar-refractivity contribution in [3.63, 3.8) is 0 Å². The monoisotopic (exact) mass is 151 g/mol. The molecule has 1 aromatic heterocycles. The molecule has 0 radical (unpaired) electrons. The fourth-order valence-corrected chi connectivity index (χ4v) is 0.577. The van der Waals surface area contributed by atoms with Gasteiger partial charge in [-0.05, 0) is 0 Å². The molecule has 0 unspecified atom stereocenters. The van der Waals surface area contributed by atoms with Crippen LogP contribution in [0.5, 0.6) is 5.88 Å². The number of nitrogen functional groups attached to an aromatic ring is 1. The standard InChI is InChI=1S/C7H9N3O/c1-2-3-11-7-4-6(8)9-5-10-7/h2,4-5H,1,3H2,(H2,8,9,10). The molecule has 2 N–H and O–H groups in total. The molecule has 0 atom stereocenters. The summed E-state index contributed by atoms with van der Waals surface area (Å²) in [5.74, 6) is 0.872. The first-order valence-electron chi connectivity index (χ1n) is 3.14. The van der Waals surface area contributed by atoms with Gasteiger partial charge in [0.15, 0.2) is 0 Å². The van der Waals surface area contributed by atoms with Crippen molar-refractivity contribution in [2.45, 2.75) is 0 Å². The van der Waals surface area contributed by atoms with Crippen LogP contribution < -0.4 is 10.5 Å². The van der Waals surface area contributed by atoms with Crippen LogP contribution in [0.25, 0.3) is 0 Å². The van der Waals surface area contributed by atoms with Crippen LogP contribution in [0, 0.1) is 0 Å². The number of ether oxygens (including phenoxy) is 1. The molecule has 1 rings (SSSR count). The second-order valence-electron chi connectivity index (χ2n) is 1.88. The average molecular weight is 151 g/mol.